The Morgan fingerprint density at radius 2 is 2.16 bits per heavy atom. The summed E-state index contributed by atoms with van der Waals surface area (Å²) in [7, 11) is 0. The van der Waals surface area contributed by atoms with Crippen LogP contribution in [0, 0.1) is 11.7 Å². The number of nitrogens with one attached hydrogen (secondary N) is 1. The van der Waals surface area contributed by atoms with Crippen LogP contribution in [0.25, 0.3) is 0 Å². The first-order valence-electron chi connectivity index (χ1n) is 6.30. The van der Waals surface area contributed by atoms with E-state index >= 15 is 0 Å². The minimum absolute atomic E-state index is 0.320. The molecule has 0 saturated carbocycles. The molecule has 1 N–H and O–H groups in total. The van der Waals surface area contributed by atoms with Gasteiger partial charge in [-0.1, -0.05) is 19.9 Å². The largest absolute Gasteiger partial charge is 0.465 e. The molecule has 0 heterocycles. The summed E-state index contributed by atoms with van der Waals surface area (Å²) in [6, 6.07) is 3.96. The molecule has 0 aliphatic rings. The van der Waals surface area contributed by atoms with Crippen molar-refractivity contribution in [1.82, 2.24) is 5.32 Å². The lowest BCUT2D eigenvalue weighted by Crippen LogP contribution is -2.32. The molecule has 0 fully saturated rings. The fourth-order valence-corrected chi connectivity index (χ4v) is 2.00. The molecule has 0 aromatic heterocycles. The highest BCUT2D eigenvalue weighted by Gasteiger charge is 2.22. The lowest BCUT2D eigenvalue weighted by molar-refractivity contribution is -0.145. The van der Waals surface area contributed by atoms with E-state index < -0.39 is 6.04 Å². The monoisotopic (exact) mass is 331 g/mol. The van der Waals surface area contributed by atoms with E-state index in [4.69, 9.17) is 4.74 Å². The number of halogens is 2. The number of carbonyl (C=O) groups is 1. The summed E-state index contributed by atoms with van der Waals surface area (Å²) in [6.45, 7) is 6.86. The van der Waals surface area contributed by atoms with Crippen LogP contribution in [0.3, 0.4) is 0 Å². The maximum Gasteiger partial charge on any atom is 0.327 e. The highest BCUT2D eigenvalue weighted by Crippen LogP contribution is 2.22. The SMILES string of the molecule is CCOC(=O)C(NCC(C)C)c1ccc(F)c(Br)c1. The standard InChI is InChI=1S/C14H19BrFNO2/c1-4-19-14(18)13(17-8-9(2)3)10-5-6-12(16)11(15)7-10/h5-7,9,13,17H,4,8H2,1-3H3. The van der Waals surface area contributed by atoms with Crippen LogP contribution >= 0.6 is 15.9 Å². The second kappa shape index (κ2) is 7.60. The lowest BCUT2D eigenvalue weighted by atomic mass is 10.1. The average molecular weight is 332 g/mol. The highest BCUT2D eigenvalue weighted by atomic mass is 79.9. The number of hydrogen-bond donors (Lipinski definition) is 1. The van der Waals surface area contributed by atoms with E-state index in [-0.39, 0.29) is 11.8 Å². The molecule has 1 aromatic rings. The Hall–Kier alpha value is -0.940. The maximum absolute atomic E-state index is 13.2. The summed E-state index contributed by atoms with van der Waals surface area (Å²) in [5.41, 5.74) is 0.687. The summed E-state index contributed by atoms with van der Waals surface area (Å²) in [6.07, 6.45) is 0. The highest BCUT2D eigenvalue weighted by molar-refractivity contribution is 9.10. The van der Waals surface area contributed by atoms with Crippen LogP contribution in [0.1, 0.15) is 32.4 Å². The van der Waals surface area contributed by atoms with E-state index in [0.717, 1.165) is 0 Å². The molecule has 1 atom stereocenters. The summed E-state index contributed by atoms with van der Waals surface area (Å²) in [4.78, 5) is 12.0. The lowest BCUT2D eigenvalue weighted by Gasteiger charge is -2.19. The van der Waals surface area contributed by atoms with Crippen molar-refractivity contribution in [1.29, 1.82) is 0 Å². The normalized spacial score (nSPS) is 12.5. The van der Waals surface area contributed by atoms with E-state index in [1.807, 2.05) is 0 Å². The predicted octanol–water partition coefficient (Wildman–Crippen LogP) is 3.44. The van der Waals surface area contributed by atoms with Crippen LogP contribution in [0.4, 0.5) is 4.39 Å². The Morgan fingerprint density at radius 1 is 1.47 bits per heavy atom. The smallest absolute Gasteiger partial charge is 0.327 e. The van der Waals surface area contributed by atoms with E-state index in [0.29, 0.717) is 29.1 Å². The molecule has 1 unspecified atom stereocenters. The van der Waals surface area contributed by atoms with Crippen LogP contribution in [-0.4, -0.2) is 19.1 Å². The number of hydrogen-bond acceptors (Lipinski definition) is 3. The van der Waals surface area contributed by atoms with Crippen molar-refractivity contribution in [3.8, 4) is 0 Å². The second-order valence-electron chi connectivity index (χ2n) is 4.66. The molecule has 0 spiro atoms. The zero-order valence-electron chi connectivity index (χ0n) is 11.4. The number of rotatable bonds is 6. The molecule has 1 rings (SSSR count). The second-order valence-corrected chi connectivity index (χ2v) is 5.52. The van der Waals surface area contributed by atoms with Gasteiger partial charge in [0, 0.05) is 0 Å². The molecule has 0 radical (unpaired) electrons. The molecule has 0 bridgehead atoms. The van der Waals surface area contributed by atoms with Gasteiger partial charge in [0.1, 0.15) is 11.9 Å². The molecule has 106 valence electrons. The molecular weight excluding hydrogens is 313 g/mol. The fraction of sp³-hybridized carbons (Fsp3) is 0.500. The van der Waals surface area contributed by atoms with E-state index in [9.17, 15) is 9.18 Å². The van der Waals surface area contributed by atoms with Gasteiger partial charge >= 0.3 is 5.97 Å². The van der Waals surface area contributed by atoms with Gasteiger partial charge in [0.2, 0.25) is 0 Å². The van der Waals surface area contributed by atoms with Gasteiger partial charge in [-0.25, -0.2) is 9.18 Å². The number of ether oxygens (including phenoxy) is 1. The number of benzene rings is 1. The molecule has 0 aliphatic carbocycles. The minimum Gasteiger partial charge on any atom is -0.465 e. The third-order valence-corrected chi connectivity index (χ3v) is 3.14. The molecule has 19 heavy (non-hydrogen) atoms. The van der Waals surface area contributed by atoms with Crippen molar-refractivity contribution in [2.75, 3.05) is 13.2 Å². The first-order chi connectivity index (χ1) is 8.95. The van der Waals surface area contributed by atoms with Crippen molar-refractivity contribution in [2.45, 2.75) is 26.8 Å². The summed E-state index contributed by atoms with van der Waals surface area (Å²) in [5, 5.41) is 3.15. The average Bonchev–Trinajstić information content (AvgIpc) is 2.33. The number of carbonyl (C=O) groups excluding carboxylic acids is 1. The van der Waals surface area contributed by atoms with Gasteiger partial charge in [-0.3, -0.25) is 0 Å². The van der Waals surface area contributed by atoms with Gasteiger partial charge in [-0.2, -0.15) is 0 Å². The van der Waals surface area contributed by atoms with Crippen LogP contribution < -0.4 is 5.32 Å². The Morgan fingerprint density at radius 3 is 2.68 bits per heavy atom. The Kier molecular flexibility index (Phi) is 6.45. The molecule has 1 aromatic carbocycles. The van der Waals surface area contributed by atoms with Crippen molar-refractivity contribution in [3.63, 3.8) is 0 Å². The Balaban J connectivity index is 2.93. The fourth-order valence-electron chi connectivity index (χ4n) is 1.61. The Labute approximate surface area is 121 Å². The first kappa shape index (κ1) is 16.1. The van der Waals surface area contributed by atoms with Gasteiger partial charge in [-0.05, 0) is 53.0 Å². The first-order valence-corrected chi connectivity index (χ1v) is 7.10. The van der Waals surface area contributed by atoms with Crippen molar-refractivity contribution >= 4 is 21.9 Å². The van der Waals surface area contributed by atoms with Crippen LogP contribution in [0.2, 0.25) is 0 Å². The van der Waals surface area contributed by atoms with Crippen molar-refractivity contribution in [3.05, 3.63) is 34.1 Å². The molecule has 0 saturated heterocycles. The van der Waals surface area contributed by atoms with E-state index in [1.54, 1.807) is 19.1 Å². The molecular formula is C14H19BrFNO2. The van der Waals surface area contributed by atoms with E-state index in [2.05, 4.69) is 35.1 Å². The minimum atomic E-state index is -0.570. The van der Waals surface area contributed by atoms with Crippen LogP contribution in [0.15, 0.2) is 22.7 Å². The molecule has 3 nitrogen and oxygen atoms in total. The predicted molar refractivity (Wildman–Crippen MR) is 76.3 cm³/mol. The number of esters is 1. The Bertz CT molecular complexity index is 437. The molecule has 5 heteroatoms. The van der Waals surface area contributed by atoms with Crippen LogP contribution in [0.5, 0.6) is 0 Å². The third-order valence-electron chi connectivity index (χ3n) is 2.53. The van der Waals surface area contributed by atoms with Crippen molar-refractivity contribution < 1.29 is 13.9 Å². The van der Waals surface area contributed by atoms with Gasteiger partial charge in [0.05, 0.1) is 11.1 Å². The zero-order valence-corrected chi connectivity index (χ0v) is 13.0. The van der Waals surface area contributed by atoms with Crippen LogP contribution in [-0.2, 0) is 9.53 Å². The van der Waals surface area contributed by atoms with Crippen molar-refractivity contribution in [2.24, 2.45) is 5.92 Å². The molecule has 0 amide bonds. The van der Waals surface area contributed by atoms with Gasteiger partial charge in [0.15, 0.2) is 0 Å². The summed E-state index contributed by atoms with van der Waals surface area (Å²) < 4.78 is 18.6. The van der Waals surface area contributed by atoms with Gasteiger partial charge < -0.3 is 10.1 Å². The van der Waals surface area contributed by atoms with Gasteiger partial charge in [0.25, 0.3) is 0 Å². The van der Waals surface area contributed by atoms with E-state index in [1.165, 1.54) is 6.07 Å². The maximum atomic E-state index is 13.2. The van der Waals surface area contributed by atoms with Gasteiger partial charge in [-0.15, -0.1) is 0 Å². The molecule has 0 aliphatic heterocycles. The summed E-state index contributed by atoms with van der Waals surface area (Å²) >= 11 is 3.13. The topological polar surface area (TPSA) is 38.3 Å². The zero-order chi connectivity index (χ0) is 14.4. The third kappa shape index (κ3) is 4.91. The quantitative estimate of drug-likeness (QED) is 0.811. The summed E-state index contributed by atoms with van der Waals surface area (Å²) in [5.74, 6) is -0.294.